The fraction of sp³-hybridized carbons (Fsp3) is 0.600. The Balaban J connectivity index is 2.65. The first-order chi connectivity index (χ1) is 7.35. The molecule has 1 aromatic rings. The number of amides is 1. The minimum atomic E-state index is -2.68. The maximum absolute atomic E-state index is 12.6. The van der Waals surface area contributed by atoms with Crippen molar-refractivity contribution in [1.29, 1.82) is 0 Å². The van der Waals surface area contributed by atoms with Gasteiger partial charge in [0.15, 0.2) is 0 Å². The molecule has 0 aromatic carbocycles. The van der Waals surface area contributed by atoms with Crippen LogP contribution in [0, 0.1) is 5.41 Å². The largest absolute Gasteiger partial charge is 0.346 e. The molecule has 0 fully saturated rings. The van der Waals surface area contributed by atoms with Crippen molar-refractivity contribution in [2.75, 3.05) is 0 Å². The van der Waals surface area contributed by atoms with Crippen LogP contribution in [-0.2, 0) is 4.79 Å². The Bertz CT molecular complexity index is 352. The summed E-state index contributed by atoms with van der Waals surface area (Å²) >= 11 is 1.38. The second-order valence-electron chi connectivity index (χ2n) is 4.09. The maximum atomic E-state index is 12.6. The van der Waals surface area contributed by atoms with Gasteiger partial charge in [0.05, 0.1) is 6.04 Å². The third kappa shape index (κ3) is 2.75. The highest BCUT2D eigenvalue weighted by atomic mass is 32.1. The Hall–Kier alpha value is -1.04. The number of hydrogen-bond donors (Lipinski definition) is 1. The van der Waals surface area contributed by atoms with Gasteiger partial charge in [-0.2, -0.15) is 0 Å². The van der Waals surface area contributed by atoms with Crippen LogP contribution in [0.2, 0.25) is 0 Å². The normalized spacial score (nSPS) is 13.9. The number of carbonyl (C=O) groups excluding carboxylic acids is 1. The van der Waals surface area contributed by atoms with E-state index < -0.39 is 17.7 Å². The van der Waals surface area contributed by atoms with Gasteiger partial charge in [-0.25, -0.2) is 13.8 Å². The number of thiazole rings is 1. The maximum Gasteiger partial charge on any atom is 0.252 e. The lowest BCUT2D eigenvalue weighted by atomic mass is 9.93. The minimum Gasteiger partial charge on any atom is -0.346 e. The highest BCUT2D eigenvalue weighted by Crippen LogP contribution is 2.26. The van der Waals surface area contributed by atoms with E-state index in [4.69, 9.17) is 0 Å². The third-order valence-corrected chi connectivity index (χ3v) is 3.26. The van der Waals surface area contributed by atoms with Crippen molar-refractivity contribution < 1.29 is 13.6 Å². The van der Waals surface area contributed by atoms with E-state index in [-0.39, 0.29) is 6.04 Å². The summed E-state index contributed by atoms with van der Waals surface area (Å²) in [7, 11) is 0. The van der Waals surface area contributed by atoms with Gasteiger partial charge in [0, 0.05) is 11.6 Å². The molecule has 6 heteroatoms. The van der Waals surface area contributed by atoms with E-state index in [1.54, 1.807) is 18.5 Å². The first kappa shape index (κ1) is 13.0. The minimum absolute atomic E-state index is 0.342. The zero-order valence-corrected chi connectivity index (χ0v) is 10.1. The third-order valence-electron chi connectivity index (χ3n) is 2.30. The molecule has 1 aromatic heterocycles. The Kier molecular flexibility index (Phi) is 3.96. The van der Waals surface area contributed by atoms with Gasteiger partial charge in [0.25, 0.3) is 6.43 Å². The lowest BCUT2D eigenvalue weighted by Crippen LogP contribution is -2.42. The van der Waals surface area contributed by atoms with Crippen LogP contribution in [0.3, 0.4) is 0 Å². The molecular weight excluding hydrogens is 234 g/mol. The van der Waals surface area contributed by atoms with Gasteiger partial charge < -0.3 is 5.32 Å². The molecule has 1 amide bonds. The molecule has 0 bridgehead atoms. The van der Waals surface area contributed by atoms with Crippen LogP contribution in [0.1, 0.15) is 31.8 Å². The quantitative estimate of drug-likeness (QED) is 0.890. The van der Waals surface area contributed by atoms with E-state index in [1.807, 2.05) is 0 Å². The first-order valence-corrected chi connectivity index (χ1v) is 5.72. The Labute approximate surface area is 96.9 Å². The number of halogens is 2. The molecule has 1 N–H and O–H groups in total. The molecule has 0 radical (unpaired) electrons. The smallest absolute Gasteiger partial charge is 0.252 e. The van der Waals surface area contributed by atoms with Gasteiger partial charge in [-0.15, -0.1) is 11.3 Å². The van der Waals surface area contributed by atoms with E-state index in [1.165, 1.54) is 25.2 Å². The van der Waals surface area contributed by atoms with Gasteiger partial charge in [-0.3, -0.25) is 4.79 Å². The molecule has 0 saturated heterocycles. The van der Waals surface area contributed by atoms with Gasteiger partial charge in [0.2, 0.25) is 5.91 Å². The molecule has 0 aliphatic heterocycles. The van der Waals surface area contributed by atoms with E-state index in [9.17, 15) is 13.6 Å². The van der Waals surface area contributed by atoms with Crippen LogP contribution in [0.5, 0.6) is 0 Å². The average Bonchev–Trinajstić information content (AvgIpc) is 2.69. The Morgan fingerprint density at radius 3 is 2.62 bits per heavy atom. The highest BCUT2D eigenvalue weighted by molar-refractivity contribution is 7.09. The summed E-state index contributed by atoms with van der Waals surface area (Å²) in [6, 6.07) is -0.342. The van der Waals surface area contributed by atoms with Gasteiger partial charge in [0.1, 0.15) is 10.4 Å². The number of carbonyl (C=O) groups is 1. The summed E-state index contributed by atoms with van der Waals surface area (Å²) in [5.74, 6) is -0.662. The van der Waals surface area contributed by atoms with E-state index >= 15 is 0 Å². The summed E-state index contributed by atoms with van der Waals surface area (Å²) in [5.41, 5.74) is -1.68. The number of alkyl halides is 2. The molecule has 0 spiro atoms. The zero-order chi connectivity index (χ0) is 12.3. The van der Waals surface area contributed by atoms with Crippen molar-refractivity contribution >= 4 is 17.2 Å². The molecule has 1 atom stereocenters. The molecule has 90 valence electrons. The molecule has 1 rings (SSSR count). The van der Waals surface area contributed by atoms with Crippen molar-refractivity contribution in [3.63, 3.8) is 0 Å². The predicted octanol–water partition coefficient (Wildman–Crippen LogP) is 2.61. The Morgan fingerprint density at radius 2 is 2.19 bits per heavy atom. The number of nitrogens with zero attached hydrogens (tertiary/aromatic N) is 1. The summed E-state index contributed by atoms with van der Waals surface area (Å²) in [6.07, 6.45) is -1.07. The predicted molar refractivity (Wildman–Crippen MR) is 58.5 cm³/mol. The van der Waals surface area contributed by atoms with Crippen molar-refractivity contribution in [3.8, 4) is 0 Å². The van der Waals surface area contributed by atoms with Gasteiger partial charge in [-0.1, -0.05) is 0 Å². The number of aromatic nitrogens is 1. The zero-order valence-electron chi connectivity index (χ0n) is 9.33. The second kappa shape index (κ2) is 4.86. The molecule has 1 heterocycles. The second-order valence-corrected chi connectivity index (χ2v) is 5.01. The summed E-state index contributed by atoms with van der Waals surface area (Å²) in [6.45, 7) is 4.17. The molecule has 3 nitrogen and oxygen atoms in total. The SMILES string of the molecule is CC(NC(=O)C(C)(C)C(F)F)c1nccs1. The van der Waals surface area contributed by atoms with Crippen LogP contribution in [0.15, 0.2) is 11.6 Å². The van der Waals surface area contributed by atoms with Crippen LogP contribution >= 0.6 is 11.3 Å². The molecule has 16 heavy (non-hydrogen) atoms. The molecular formula is C10H14F2N2OS. The van der Waals surface area contributed by atoms with Gasteiger partial charge in [-0.05, 0) is 20.8 Å². The number of hydrogen-bond acceptors (Lipinski definition) is 3. The fourth-order valence-electron chi connectivity index (χ4n) is 0.992. The van der Waals surface area contributed by atoms with Crippen molar-refractivity contribution in [3.05, 3.63) is 16.6 Å². The first-order valence-electron chi connectivity index (χ1n) is 4.84. The van der Waals surface area contributed by atoms with Crippen molar-refractivity contribution in [2.24, 2.45) is 5.41 Å². The van der Waals surface area contributed by atoms with Gasteiger partial charge >= 0.3 is 0 Å². The molecule has 0 saturated carbocycles. The average molecular weight is 248 g/mol. The van der Waals surface area contributed by atoms with Crippen molar-refractivity contribution in [1.82, 2.24) is 10.3 Å². The van der Waals surface area contributed by atoms with Crippen molar-refractivity contribution in [2.45, 2.75) is 33.2 Å². The standard InChI is InChI=1S/C10H14F2N2OS/c1-6(7-13-4-5-16-7)14-9(15)10(2,3)8(11)12/h4-6,8H,1-3H3,(H,14,15). The Morgan fingerprint density at radius 1 is 1.56 bits per heavy atom. The van der Waals surface area contributed by atoms with E-state index in [0.29, 0.717) is 5.01 Å². The number of nitrogens with one attached hydrogen (secondary N) is 1. The van der Waals surface area contributed by atoms with Crippen LogP contribution in [-0.4, -0.2) is 17.3 Å². The number of rotatable bonds is 4. The lowest BCUT2D eigenvalue weighted by Gasteiger charge is -2.24. The molecule has 0 aliphatic rings. The highest BCUT2D eigenvalue weighted by Gasteiger charge is 2.38. The topological polar surface area (TPSA) is 42.0 Å². The fourth-order valence-corrected chi connectivity index (χ4v) is 1.64. The van der Waals surface area contributed by atoms with Crippen LogP contribution < -0.4 is 5.32 Å². The summed E-state index contributed by atoms with van der Waals surface area (Å²) in [5, 5.41) is 5.01. The van der Waals surface area contributed by atoms with E-state index in [2.05, 4.69) is 10.3 Å². The lowest BCUT2D eigenvalue weighted by molar-refractivity contribution is -0.138. The van der Waals surface area contributed by atoms with Crippen LogP contribution in [0.25, 0.3) is 0 Å². The molecule has 1 unspecified atom stereocenters. The van der Waals surface area contributed by atoms with Crippen LogP contribution in [0.4, 0.5) is 8.78 Å². The molecule has 0 aliphatic carbocycles. The monoisotopic (exact) mass is 248 g/mol. The van der Waals surface area contributed by atoms with E-state index in [0.717, 1.165) is 0 Å². The summed E-state index contributed by atoms with van der Waals surface area (Å²) < 4.78 is 25.2. The summed E-state index contributed by atoms with van der Waals surface area (Å²) in [4.78, 5) is 15.6.